The molecule has 0 saturated carbocycles. The molecule has 3 heterocycles. The summed E-state index contributed by atoms with van der Waals surface area (Å²) in [6.45, 7) is 0. The van der Waals surface area contributed by atoms with E-state index in [1.165, 1.54) is 0 Å². The lowest BCUT2D eigenvalue weighted by Gasteiger charge is -2.14. The molecule has 0 bridgehead atoms. The molecule has 132 valence electrons. The maximum absolute atomic E-state index is 11.6. The Kier molecular flexibility index (Phi) is 4.63. The van der Waals surface area contributed by atoms with Crippen LogP contribution in [0.5, 0.6) is 0 Å². The fourth-order valence-corrected chi connectivity index (χ4v) is 3.50. The van der Waals surface area contributed by atoms with Crippen LogP contribution in [-0.4, -0.2) is 63.7 Å². The van der Waals surface area contributed by atoms with Gasteiger partial charge in [-0.3, -0.25) is 20.2 Å². The predicted octanol–water partition coefficient (Wildman–Crippen LogP) is -1.55. The van der Waals surface area contributed by atoms with Crippen LogP contribution in [0.4, 0.5) is 15.5 Å². The minimum atomic E-state index is -0.864. The number of hydrogen-bond acceptors (Lipinski definition) is 10. The molecule has 12 nitrogen and oxygen atoms in total. The third kappa shape index (κ3) is 3.90. The molecule has 14 heteroatoms. The van der Waals surface area contributed by atoms with Crippen molar-refractivity contribution in [1.82, 2.24) is 36.2 Å². The van der Waals surface area contributed by atoms with Crippen molar-refractivity contribution in [3.8, 4) is 0 Å². The van der Waals surface area contributed by atoms with Gasteiger partial charge in [-0.15, -0.1) is 0 Å². The predicted molar refractivity (Wildman–Crippen MR) is 86.8 cm³/mol. The first-order chi connectivity index (χ1) is 11.8. The van der Waals surface area contributed by atoms with Gasteiger partial charge in [0.15, 0.2) is 21.1 Å². The highest BCUT2D eigenvalue weighted by Crippen LogP contribution is 2.26. The van der Waals surface area contributed by atoms with Crippen LogP contribution in [0.25, 0.3) is 0 Å². The number of urea groups is 2. The molecule has 0 spiro atoms. The van der Waals surface area contributed by atoms with Crippen molar-refractivity contribution in [3.05, 3.63) is 0 Å². The quantitative estimate of drug-likeness (QED) is 0.438. The number of carbonyl (C=O) groups excluding carboxylic acids is 4. The molecule has 2 saturated heterocycles. The molecule has 2 atom stereocenters. The van der Waals surface area contributed by atoms with Crippen molar-refractivity contribution >= 4 is 53.3 Å². The SMILES string of the molecule is CN(C)c1nc(SC2NC(=O)NC2=O)nc(SC2NC(=O)NC2=O)n1. The highest BCUT2D eigenvalue weighted by atomic mass is 32.2. The number of thioether (sulfide) groups is 2. The molecule has 2 aliphatic heterocycles. The molecule has 2 unspecified atom stereocenters. The normalized spacial score (nSPS) is 22.3. The first-order valence-corrected chi connectivity index (χ1v) is 8.57. The summed E-state index contributed by atoms with van der Waals surface area (Å²) in [6, 6.07) is -1.19. The van der Waals surface area contributed by atoms with E-state index in [0.29, 0.717) is 5.95 Å². The fourth-order valence-electron chi connectivity index (χ4n) is 1.81. The highest BCUT2D eigenvalue weighted by Gasteiger charge is 2.33. The van der Waals surface area contributed by atoms with E-state index in [-0.39, 0.29) is 10.3 Å². The van der Waals surface area contributed by atoms with E-state index in [2.05, 4.69) is 36.2 Å². The van der Waals surface area contributed by atoms with Crippen LogP contribution in [0.1, 0.15) is 0 Å². The molecule has 25 heavy (non-hydrogen) atoms. The second kappa shape index (κ2) is 6.72. The number of imide groups is 2. The van der Waals surface area contributed by atoms with Gasteiger partial charge in [0.1, 0.15) is 0 Å². The lowest BCUT2D eigenvalue weighted by molar-refractivity contribution is -0.119. The zero-order chi connectivity index (χ0) is 18.1. The van der Waals surface area contributed by atoms with Gasteiger partial charge in [-0.1, -0.05) is 23.5 Å². The largest absolute Gasteiger partial charge is 0.347 e. The Morgan fingerprint density at radius 1 is 0.800 bits per heavy atom. The number of nitrogens with one attached hydrogen (secondary N) is 4. The summed E-state index contributed by atoms with van der Waals surface area (Å²) in [5.41, 5.74) is 0. The molecule has 0 aromatic carbocycles. The standard InChI is InChI=1S/C11H12N8O4S2/c1-19(2)7-16-10(24-5-3(20)12-8(22)14-5)18-11(17-7)25-6-4(21)13-9(23)15-6/h5-6H,1-2H3,(H2,12,14,20,22)(H2,13,15,21,23). The Hall–Kier alpha value is -2.61. The summed E-state index contributed by atoms with van der Waals surface area (Å²) in [5, 5.41) is 7.73. The van der Waals surface area contributed by atoms with Crippen LogP contribution in [-0.2, 0) is 9.59 Å². The first-order valence-electron chi connectivity index (χ1n) is 6.81. The summed E-state index contributed by atoms with van der Waals surface area (Å²) in [5.74, 6) is -0.702. The minimum absolute atomic E-state index is 0.188. The summed E-state index contributed by atoms with van der Waals surface area (Å²) in [4.78, 5) is 59.9. The molecule has 3 rings (SSSR count). The van der Waals surface area contributed by atoms with Crippen molar-refractivity contribution in [2.75, 3.05) is 19.0 Å². The van der Waals surface area contributed by atoms with E-state index < -0.39 is 34.6 Å². The molecular formula is C11H12N8O4S2. The molecule has 2 aliphatic rings. The van der Waals surface area contributed by atoms with Crippen molar-refractivity contribution in [2.45, 2.75) is 21.1 Å². The average Bonchev–Trinajstić information content (AvgIpc) is 3.00. The summed E-state index contributed by atoms with van der Waals surface area (Å²) < 4.78 is 0. The smallest absolute Gasteiger partial charge is 0.322 e. The number of aromatic nitrogens is 3. The molecule has 1 aromatic rings. The first kappa shape index (κ1) is 17.2. The van der Waals surface area contributed by atoms with Crippen LogP contribution in [0, 0.1) is 0 Å². The number of carbonyl (C=O) groups is 4. The Bertz CT molecular complexity index is 716. The van der Waals surface area contributed by atoms with Gasteiger partial charge in [-0.2, -0.15) is 15.0 Å². The number of nitrogens with zero attached hydrogens (tertiary/aromatic N) is 4. The molecule has 2 fully saturated rings. The summed E-state index contributed by atoms with van der Waals surface area (Å²) >= 11 is 1.87. The molecule has 0 aliphatic carbocycles. The number of hydrogen-bond donors (Lipinski definition) is 4. The second-order valence-electron chi connectivity index (χ2n) is 5.02. The molecule has 4 N–H and O–H groups in total. The molecular weight excluding hydrogens is 372 g/mol. The highest BCUT2D eigenvalue weighted by molar-refractivity contribution is 8.01. The zero-order valence-electron chi connectivity index (χ0n) is 12.9. The van der Waals surface area contributed by atoms with Gasteiger partial charge in [-0.05, 0) is 0 Å². The van der Waals surface area contributed by atoms with Crippen molar-refractivity contribution in [1.29, 1.82) is 0 Å². The van der Waals surface area contributed by atoms with Crippen molar-refractivity contribution in [3.63, 3.8) is 0 Å². The third-order valence-corrected chi connectivity index (χ3v) is 4.83. The van der Waals surface area contributed by atoms with Crippen LogP contribution >= 0.6 is 23.5 Å². The van der Waals surface area contributed by atoms with Gasteiger partial charge < -0.3 is 15.5 Å². The maximum Gasteiger partial charge on any atom is 0.322 e. The van der Waals surface area contributed by atoms with Crippen LogP contribution in [0.3, 0.4) is 0 Å². The number of anilines is 1. The van der Waals surface area contributed by atoms with Gasteiger partial charge >= 0.3 is 12.1 Å². The van der Waals surface area contributed by atoms with Gasteiger partial charge in [-0.25, -0.2) is 9.59 Å². The van der Waals surface area contributed by atoms with E-state index in [9.17, 15) is 19.2 Å². The Balaban J connectivity index is 1.82. The van der Waals surface area contributed by atoms with Crippen LogP contribution in [0.15, 0.2) is 10.3 Å². The molecule has 6 amide bonds. The van der Waals surface area contributed by atoms with E-state index in [0.717, 1.165) is 23.5 Å². The zero-order valence-corrected chi connectivity index (χ0v) is 14.5. The fraction of sp³-hybridized carbons (Fsp3) is 0.364. The van der Waals surface area contributed by atoms with E-state index in [4.69, 9.17) is 0 Å². The van der Waals surface area contributed by atoms with Gasteiger partial charge in [0.25, 0.3) is 11.8 Å². The average molecular weight is 384 g/mol. The Morgan fingerprint density at radius 2 is 1.24 bits per heavy atom. The van der Waals surface area contributed by atoms with Gasteiger partial charge in [0.2, 0.25) is 5.95 Å². The van der Waals surface area contributed by atoms with Crippen molar-refractivity contribution < 1.29 is 19.2 Å². The summed E-state index contributed by atoms with van der Waals surface area (Å²) in [6.07, 6.45) is 0. The Labute approximate surface area is 149 Å². The molecule has 1 aromatic heterocycles. The Morgan fingerprint density at radius 3 is 1.56 bits per heavy atom. The lowest BCUT2D eigenvalue weighted by Crippen LogP contribution is -2.26. The maximum atomic E-state index is 11.6. The topological polar surface area (TPSA) is 158 Å². The van der Waals surface area contributed by atoms with E-state index >= 15 is 0 Å². The monoisotopic (exact) mass is 384 g/mol. The third-order valence-electron chi connectivity index (χ3n) is 2.90. The van der Waals surface area contributed by atoms with Gasteiger partial charge in [0, 0.05) is 14.1 Å². The van der Waals surface area contributed by atoms with E-state index in [1.807, 2.05) is 0 Å². The van der Waals surface area contributed by atoms with Crippen LogP contribution in [0.2, 0.25) is 0 Å². The van der Waals surface area contributed by atoms with E-state index in [1.54, 1.807) is 19.0 Å². The van der Waals surface area contributed by atoms with Gasteiger partial charge in [0.05, 0.1) is 0 Å². The van der Waals surface area contributed by atoms with Crippen LogP contribution < -0.4 is 26.2 Å². The second-order valence-corrected chi connectivity index (χ2v) is 7.16. The molecule has 0 radical (unpaired) electrons. The lowest BCUT2D eigenvalue weighted by atomic mass is 10.6. The number of amides is 6. The summed E-state index contributed by atoms with van der Waals surface area (Å²) in [7, 11) is 3.43. The minimum Gasteiger partial charge on any atom is -0.347 e. The number of rotatable bonds is 5. The van der Waals surface area contributed by atoms with Crippen molar-refractivity contribution in [2.24, 2.45) is 0 Å².